The van der Waals surface area contributed by atoms with Gasteiger partial charge in [0.15, 0.2) is 0 Å². The third kappa shape index (κ3) is 2.62. The van der Waals surface area contributed by atoms with Gasteiger partial charge >= 0.3 is 5.97 Å². The van der Waals surface area contributed by atoms with E-state index in [9.17, 15) is 14.7 Å². The Hall–Kier alpha value is -0.810. The summed E-state index contributed by atoms with van der Waals surface area (Å²) in [5, 5.41) is 13.9. The molecule has 0 aromatic carbocycles. The normalized spacial score (nSPS) is 43.7. The molecule has 4 aliphatic carbocycles. The van der Waals surface area contributed by atoms with Gasteiger partial charge in [0.25, 0.3) is 0 Å². The van der Waals surface area contributed by atoms with Crippen LogP contribution in [0.2, 0.25) is 0 Å². The van der Waals surface area contributed by atoms with E-state index in [-0.39, 0.29) is 29.2 Å². The topological polar surface area (TPSA) is 75.6 Å². The van der Waals surface area contributed by atoms with Gasteiger partial charge in [0.2, 0.25) is 5.91 Å². The largest absolute Gasteiger partial charge is 0.464 e. The molecule has 4 saturated carbocycles. The van der Waals surface area contributed by atoms with Crippen molar-refractivity contribution in [2.24, 2.45) is 17.8 Å². The Kier molecular flexibility index (Phi) is 3.92. The average molecular weight is 330 g/mol. The molecule has 0 saturated heterocycles. The first-order valence-electron chi connectivity index (χ1n) is 8.11. The predicted molar refractivity (Wildman–Crippen MR) is 81.3 cm³/mol. The molecule has 0 aromatic rings. The van der Waals surface area contributed by atoms with Gasteiger partial charge in [0, 0.05) is 17.7 Å². The molecule has 4 rings (SSSR count). The van der Waals surface area contributed by atoms with Gasteiger partial charge in [-0.2, -0.15) is 0 Å². The molecule has 0 heterocycles. The van der Waals surface area contributed by atoms with E-state index in [4.69, 9.17) is 16.3 Å². The van der Waals surface area contributed by atoms with E-state index in [1.165, 1.54) is 6.92 Å². The van der Waals surface area contributed by atoms with Crippen LogP contribution in [-0.4, -0.2) is 40.1 Å². The van der Waals surface area contributed by atoms with E-state index in [0.29, 0.717) is 18.8 Å². The third-order valence-electron chi connectivity index (χ3n) is 5.57. The highest BCUT2D eigenvalue weighted by Gasteiger charge is 2.64. The monoisotopic (exact) mass is 329 g/mol. The zero-order valence-corrected chi connectivity index (χ0v) is 13.9. The van der Waals surface area contributed by atoms with Gasteiger partial charge in [-0.05, 0) is 50.9 Å². The number of aliphatic hydroxyl groups is 1. The van der Waals surface area contributed by atoms with Gasteiger partial charge in [0.05, 0.1) is 12.2 Å². The molecule has 0 radical (unpaired) electrons. The van der Waals surface area contributed by atoms with E-state index >= 15 is 0 Å². The van der Waals surface area contributed by atoms with Crippen molar-refractivity contribution in [3.05, 3.63) is 0 Å². The highest BCUT2D eigenvalue weighted by atomic mass is 35.5. The molecule has 4 fully saturated rings. The maximum absolute atomic E-state index is 12.3. The lowest BCUT2D eigenvalue weighted by Gasteiger charge is -2.62. The number of hydrogen-bond acceptors (Lipinski definition) is 4. The van der Waals surface area contributed by atoms with Crippen LogP contribution >= 0.6 is 11.6 Å². The Morgan fingerprint density at radius 3 is 2.68 bits per heavy atom. The fourth-order valence-corrected chi connectivity index (χ4v) is 6.03. The summed E-state index contributed by atoms with van der Waals surface area (Å²) in [6, 6.07) is -0.785. The number of ether oxygens (including phenoxy) is 1. The van der Waals surface area contributed by atoms with Gasteiger partial charge in [-0.1, -0.05) is 0 Å². The van der Waals surface area contributed by atoms with E-state index in [2.05, 4.69) is 5.32 Å². The van der Waals surface area contributed by atoms with Crippen LogP contribution in [0.4, 0.5) is 0 Å². The highest BCUT2D eigenvalue weighted by molar-refractivity contribution is 6.24. The SMILES string of the molecule is CCOC(=O)[C@H](NC(C)=O)[C@@H]1[C@@H]2C[C@H]3C[C@@](Cl)(C2)C[C@]1(O)C3. The standard InChI is InChI=1S/C16H24ClNO4/c1-3-22-14(20)13(18-9(2)19)12-11-4-10-5-15(17,7-11)8-16(12,21)6-10/h10-13,21H,3-8H2,1-2H3,(H,18,19)/t10-,11+,12-,13+,15+,16+/m0/s1. The van der Waals surface area contributed by atoms with Crippen molar-refractivity contribution in [2.75, 3.05) is 6.61 Å². The van der Waals surface area contributed by atoms with Gasteiger partial charge in [-0.3, -0.25) is 4.79 Å². The average Bonchev–Trinajstić information content (AvgIpc) is 2.33. The molecular weight excluding hydrogens is 306 g/mol. The van der Waals surface area contributed by atoms with E-state index < -0.39 is 17.6 Å². The van der Waals surface area contributed by atoms with Crippen LogP contribution < -0.4 is 5.32 Å². The number of amides is 1. The Balaban J connectivity index is 1.90. The molecule has 4 bridgehead atoms. The first-order chi connectivity index (χ1) is 10.3. The number of carbonyl (C=O) groups is 2. The number of esters is 1. The van der Waals surface area contributed by atoms with Crippen LogP contribution in [-0.2, 0) is 14.3 Å². The van der Waals surface area contributed by atoms with Crippen molar-refractivity contribution in [2.45, 2.75) is 62.5 Å². The number of alkyl halides is 1. The Labute approximate surface area is 135 Å². The molecule has 4 aliphatic rings. The van der Waals surface area contributed by atoms with Gasteiger partial charge in [-0.25, -0.2) is 4.79 Å². The lowest BCUT2D eigenvalue weighted by molar-refractivity contribution is -0.186. The molecule has 124 valence electrons. The molecule has 5 nitrogen and oxygen atoms in total. The zero-order chi connectivity index (χ0) is 16.1. The van der Waals surface area contributed by atoms with E-state index in [0.717, 1.165) is 19.3 Å². The molecule has 0 spiro atoms. The maximum Gasteiger partial charge on any atom is 0.329 e. The van der Waals surface area contributed by atoms with Crippen LogP contribution in [0.1, 0.15) is 46.0 Å². The molecular formula is C16H24ClNO4. The van der Waals surface area contributed by atoms with Crippen LogP contribution in [0.5, 0.6) is 0 Å². The second-order valence-electron chi connectivity index (χ2n) is 7.36. The molecule has 6 heteroatoms. The van der Waals surface area contributed by atoms with Gasteiger partial charge in [-0.15, -0.1) is 11.6 Å². The van der Waals surface area contributed by atoms with Gasteiger partial charge in [0.1, 0.15) is 6.04 Å². The summed E-state index contributed by atoms with van der Waals surface area (Å²) >= 11 is 6.67. The van der Waals surface area contributed by atoms with Crippen LogP contribution in [0.25, 0.3) is 0 Å². The maximum atomic E-state index is 12.3. The second-order valence-corrected chi connectivity index (χ2v) is 8.16. The lowest BCUT2D eigenvalue weighted by atomic mass is 9.48. The summed E-state index contributed by atoms with van der Waals surface area (Å²) < 4.78 is 5.13. The lowest BCUT2D eigenvalue weighted by Crippen LogP contribution is -2.68. The van der Waals surface area contributed by atoms with E-state index in [1.807, 2.05) is 0 Å². The quantitative estimate of drug-likeness (QED) is 0.607. The van der Waals surface area contributed by atoms with Crippen LogP contribution in [0, 0.1) is 17.8 Å². The van der Waals surface area contributed by atoms with Crippen molar-refractivity contribution in [1.29, 1.82) is 0 Å². The van der Waals surface area contributed by atoms with Crippen molar-refractivity contribution < 1.29 is 19.4 Å². The summed E-state index contributed by atoms with van der Waals surface area (Å²) in [7, 11) is 0. The Bertz CT molecular complexity index is 499. The molecule has 0 unspecified atom stereocenters. The smallest absolute Gasteiger partial charge is 0.329 e. The highest BCUT2D eigenvalue weighted by Crippen LogP contribution is 2.63. The summed E-state index contributed by atoms with van der Waals surface area (Å²) in [6.45, 7) is 3.38. The first-order valence-corrected chi connectivity index (χ1v) is 8.49. The fraction of sp³-hybridized carbons (Fsp3) is 0.875. The number of rotatable bonds is 4. The van der Waals surface area contributed by atoms with Crippen molar-refractivity contribution in [3.8, 4) is 0 Å². The molecule has 22 heavy (non-hydrogen) atoms. The summed E-state index contributed by atoms with van der Waals surface area (Å²) in [4.78, 5) is 23.5. The summed E-state index contributed by atoms with van der Waals surface area (Å²) in [5.41, 5.74) is -0.980. The van der Waals surface area contributed by atoms with Crippen molar-refractivity contribution in [1.82, 2.24) is 5.32 Å². The number of hydrogen-bond donors (Lipinski definition) is 2. The molecule has 1 amide bonds. The first kappa shape index (κ1) is 16.1. The minimum atomic E-state index is -0.980. The van der Waals surface area contributed by atoms with Crippen LogP contribution in [0.15, 0.2) is 0 Å². The van der Waals surface area contributed by atoms with Crippen molar-refractivity contribution in [3.63, 3.8) is 0 Å². The number of nitrogens with one attached hydrogen (secondary N) is 1. The predicted octanol–water partition coefficient (Wildman–Crippen LogP) is 1.60. The Morgan fingerprint density at radius 2 is 2.14 bits per heavy atom. The minimum absolute atomic E-state index is 0.157. The number of halogens is 1. The molecule has 0 aliphatic heterocycles. The Morgan fingerprint density at radius 1 is 1.41 bits per heavy atom. The van der Waals surface area contributed by atoms with Crippen molar-refractivity contribution >= 4 is 23.5 Å². The second kappa shape index (κ2) is 5.38. The molecule has 0 aromatic heterocycles. The summed E-state index contributed by atoms with van der Waals surface area (Å²) in [6.07, 6.45) is 3.88. The summed E-state index contributed by atoms with van der Waals surface area (Å²) in [5.74, 6) is -0.460. The molecule has 6 atom stereocenters. The van der Waals surface area contributed by atoms with E-state index in [1.54, 1.807) is 6.92 Å². The zero-order valence-electron chi connectivity index (χ0n) is 13.1. The minimum Gasteiger partial charge on any atom is -0.464 e. The number of carbonyl (C=O) groups excluding carboxylic acids is 2. The van der Waals surface area contributed by atoms with Gasteiger partial charge < -0.3 is 15.2 Å². The fourth-order valence-electron chi connectivity index (χ4n) is 5.38. The third-order valence-corrected chi connectivity index (χ3v) is 6.01. The van der Waals surface area contributed by atoms with Crippen LogP contribution in [0.3, 0.4) is 0 Å². The molecule has 2 N–H and O–H groups in total.